The van der Waals surface area contributed by atoms with Crippen molar-refractivity contribution < 1.29 is 5.11 Å². The Morgan fingerprint density at radius 1 is 1.33 bits per heavy atom. The lowest BCUT2D eigenvalue weighted by atomic mass is 10.2. The first kappa shape index (κ1) is 20.9. The Labute approximate surface area is 147 Å². The zero-order chi connectivity index (χ0) is 15.1. The van der Waals surface area contributed by atoms with Crippen LogP contribution < -0.4 is 5.32 Å². The summed E-state index contributed by atoms with van der Waals surface area (Å²) in [4.78, 5) is 9.32. The molecule has 21 heavy (non-hydrogen) atoms. The quantitative estimate of drug-likeness (QED) is 0.397. The van der Waals surface area contributed by atoms with Crippen molar-refractivity contribution in [1.82, 2.24) is 15.1 Å². The molecule has 1 saturated heterocycles. The number of likely N-dealkylation sites (tertiary alicyclic amines) is 1. The molecule has 0 aliphatic carbocycles. The largest absolute Gasteiger partial charge is 0.391 e. The molecular weight excluding hydrogens is 379 g/mol. The molecule has 126 valence electrons. The Bertz CT molecular complexity index is 302. The third-order valence-corrected chi connectivity index (χ3v) is 3.74. The zero-order valence-corrected chi connectivity index (χ0v) is 16.5. The Hall–Kier alpha value is -0.0800. The minimum absolute atomic E-state index is 0. The molecule has 1 aliphatic rings. The molecule has 5 nitrogen and oxygen atoms in total. The minimum atomic E-state index is -0.207. The SMILES string of the molecule is CCNC(=NCCN(C(C)C)C(C)C)N1CC[C@@H](O)C1.I. The first-order valence-corrected chi connectivity index (χ1v) is 7.92. The van der Waals surface area contributed by atoms with E-state index in [0.717, 1.165) is 38.6 Å². The van der Waals surface area contributed by atoms with Crippen LogP contribution in [0, 0.1) is 0 Å². The predicted octanol–water partition coefficient (Wildman–Crippen LogP) is 1.76. The predicted molar refractivity (Wildman–Crippen MR) is 101 cm³/mol. The summed E-state index contributed by atoms with van der Waals surface area (Å²) < 4.78 is 0. The van der Waals surface area contributed by atoms with E-state index in [2.05, 4.69) is 49.7 Å². The first-order chi connectivity index (χ1) is 9.45. The molecular formula is C15H33IN4O. The van der Waals surface area contributed by atoms with E-state index in [0.29, 0.717) is 18.6 Å². The molecule has 6 heteroatoms. The third kappa shape index (κ3) is 7.15. The number of hydrogen-bond acceptors (Lipinski definition) is 3. The monoisotopic (exact) mass is 412 g/mol. The van der Waals surface area contributed by atoms with Gasteiger partial charge >= 0.3 is 0 Å². The molecule has 1 rings (SSSR count). The van der Waals surface area contributed by atoms with Crippen molar-refractivity contribution in [1.29, 1.82) is 0 Å². The van der Waals surface area contributed by atoms with Crippen LogP contribution in [0.5, 0.6) is 0 Å². The summed E-state index contributed by atoms with van der Waals surface area (Å²) in [6.07, 6.45) is 0.635. The van der Waals surface area contributed by atoms with Gasteiger partial charge in [-0.15, -0.1) is 24.0 Å². The van der Waals surface area contributed by atoms with Gasteiger partial charge in [-0.25, -0.2) is 0 Å². The standard InChI is InChI=1S/C15H32N4O.HI/c1-6-16-15(18-9-7-14(20)11-18)17-8-10-19(12(2)3)13(4)5;/h12-14,20H,6-11H2,1-5H3,(H,16,17);1H/t14-;/m1./s1. The number of nitrogens with one attached hydrogen (secondary N) is 1. The van der Waals surface area contributed by atoms with Crippen LogP contribution in [0.3, 0.4) is 0 Å². The summed E-state index contributed by atoms with van der Waals surface area (Å²) in [5.41, 5.74) is 0. The number of aliphatic hydroxyl groups excluding tert-OH is 1. The molecule has 1 heterocycles. The fraction of sp³-hybridized carbons (Fsp3) is 0.933. The van der Waals surface area contributed by atoms with E-state index < -0.39 is 0 Å². The second-order valence-corrected chi connectivity index (χ2v) is 6.05. The van der Waals surface area contributed by atoms with Crippen LogP contribution in [-0.2, 0) is 0 Å². The van der Waals surface area contributed by atoms with Crippen LogP contribution in [0.1, 0.15) is 41.0 Å². The van der Waals surface area contributed by atoms with Crippen LogP contribution in [-0.4, -0.2) is 71.8 Å². The van der Waals surface area contributed by atoms with E-state index in [1.807, 2.05) is 0 Å². The molecule has 2 N–H and O–H groups in total. The summed E-state index contributed by atoms with van der Waals surface area (Å²) in [5, 5.41) is 13.0. The lowest BCUT2D eigenvalue weighted by Gasteiger charge is -2.30. The lowest BCUT2D eigenvalue weighted by Crippen LogP contribution is -2.42. The van der Waals surface area contributed by atoms with E-state index in [-0.39, 0.29) is 30.1 Å². The number of nitrogens with zero attached hydrogens (tertiary/aromatic N) is 3. The van der Waals surface area contributed by atoms with Gasteiger partial charge in [-0.3, -0.25) is 9.89 Å². The highest BCUT2D eigenvalue weighted by Gasteiger charge is 2.22. The summed E-state index contributed by atoms with van der Waals surface area (Å²) in [7, 11) is 0. The van der Waals surface area contributed by atoms with Gasteiger partial charge in [0.25, 0.3) is 0 Å². The van der Waals surface area contributed by atoms with Gasteiger partial charge < -0.3 is 15.3 Å². The Kier molecular flexibility index (Phi) is 10.6. The van der Waals surface area contributed by atoms with Gasteiger partial charge in [0.15, 0.2) is 5.96 Å². The maximum Gasteiger partial charge on any atom is 0.194 e. The van der Waals surface area contributed by atoms with Crippen LogP contribution >= 0.6 is 24.0 Å². The van der Waals surface area contributed by atoms with Crippen LogP contribution in [0.25, 0.3) is 0 Å². The maximum absolute atomic E-state index is 9.64. The van der Waals surface area contributed by atoms with Crippen molar-refractivity contribution >= 4 is 29.9 Å². The number of halogens is 1. The van der Waals surface area contributed by atoms with Crippen LogP contribution in [0.15, 0.2) is 4.99 Å². The van der Waals surface area contributed by atoms with Crippen molar-refractivity contribution in [3.05, 3.63) is 0 Å². The average molecular weight is 412 g/mol. The number of hydrogen-bond donors (Lipinski definition) is 2. The topological polar surface area (TPSA) is 51.1 Å². The van der Waals surface area contributed by atoms with Gasteiger partial charge in [0.1, 0.15) is 0 Å². The van der Waals surface area contributed by atoms with E-state index in [9.17, 15) is 5.11 Å². The normalized spacial score (nSPS) is 19.6. The average Bonchev–Trinajstić information content (AvgIpc) is 2.78. The van der Waals surface area contributed by atoms with Crippen molar-refractivity contribution in [3.63, 3.8) is 0 Å². The van der Waals surface area contributed by atoms with Crippen molar-refractivity contribution in [3.8, 4) is 0 Å². The fourth-order valence-electron chi connectivity index (χ4n) is 2.74. The minimum Gasteiger partial charge on any atom is -0.391 e. The van der Waals surface area contributed by atoms with Crippen LogP contribution in [0.4, 0.5) is 0 Å². The molecule has 0 unspecified atom stereocenters. The first-order valence-electron chi connectivity index (χ1n) is 7.92. The third-order valence-electron chi connectivity index (χ3n) is 3.74. The van der Waals surface area contributed by atoms with Crippen molar-refractivity contribution in [2.45, 2.75) is 59.2 Å². The molecule has 0 radical (unpaired) electrons. The highest BCUT2D eigenvalue weighted by atomic mass is 127. The van der Waals surface area contributed by atoms with Crippen molar-refractivity contribution in [2.24, 2.45) is 4.99 Å². The fourth-order valence-corrected chi connectivity index (χ4v) is 2.74. The highest BCUT2D eigenvalue weighted by molar-refractivity contribution is 14.0. The summed E-state index contributed by atoms with van der Waals surface area (Å²) in [6.45, 7) is 15.2. The number of guanidine groups is 1. The number of β-amino-alcohol motifs (C(OH)–C–C–N with tert-alkyl or cyclic N) is 1. The Morgan fingerprint density at radius 3 is 2.38 bits per heavy atom. The van der Waals surface area contributed by atoms with Gasteiger partial charge in [-0.2, -0.15) is 0 Å². The van der Waals surface area contributed by atoms with E-state index in [1.165, 1.54) is 0 Å². The summed E-state index contributed by atoms with van der Waals surface area (Å²) >= 11 is 0. The summed E-state index contributed by atoms with van der Waals surface area (Å²) in [5.74, 6) is 0.941. The van der Waals surface area contributed by atoms with Crippen molar-refractivity contribution in [2.75, 3.05) is 32.7 Å². The van der Waals surface area contributed by atoms with E-state index in [1.54, 1.807) is 0 Å². The highest BCUT2D eigenvalue weighted by Crippen LogP contribution is 2.09. The summed E-state index contributed by atoms with van der Waals surface area (Å²) in [6, 6.07) is 1.09. The van der Waals surface area contributed by atoms with Gasteiger partial charge in [0, 0.05) is 38.3 Å². The molecule has 0 aromatic heterocycles. The van der Waals surface area contributed by atoms with Gasteiger partial charge in [0.05, 0.1) is 12.6 Å². The smallest absolute Gasteiger partial charge is 0.194 e. The lowest BCUT2D eigenvalue weighted by molar-refractivity contribution is 0.180. The number of aliphatic hydroxyl groups is 1. The molecule has 1 atom stereocenters. The molecule has 1 aliphatic heterocycles. The van der Waals surface area contributed by atoms with E-state index in [4.69, 9.17) is 4.99 Å². The Morgan fingerprint density at radius 2 is 1.95 bits per heavy atom. The Balaban J connectivity index is 0.00000400. The molecule has 0 saturated carbocycles. The van der Waals surface area contributed by atoms with Gasteiger partial charge in [-0.05, 0) is 41.0 Å². The second-order valence-electron chi connectivity index (χ2n) is 6.05. The van der Waals surface area contributed by atoms with Crippen LogP contribution in [0.2, 0.25) is 0 Å². The molecule has 0 spiro atoms. The number of rotatable bonds is 6. The number of aliphatic imine (C=N–C) groups is 1. The second kappa shape index (κ2) is 10.6. The molecule has 1 fully saturated rings. The molecule has 0 amide bonds. The van der Waals surface area contributed by atoms with Gasteiger partial charge in [0.2, 0.25) is 0 Å². The molecule has 0 aromatic carbocycles. The zero-order valence-electron chi connectivity index (χ0n) is 14.2. The molecule has 0 aromatic rings. The molecule has 0 bridgehead atoms. The maximum atomic E-state index is 9.64. The van der Waals surface area contributed by atoms with E-state index >= 15 is 0 Å². The van der Waals surface area contributed by atoms with Gasteiger partial charge in [-0.1, -0.05) is 0 Å².